The Morgan fingerprint density at radius 1 is 1.09 bits per heavy atom. The van der Waals surface area contributed by atoms with Crippen molar-refractivity contribution in [3.63, 3.8) is 0 Å². The summed E-state index contributed by atoms with van der Waals surface area (Å²) < 4.78 is 7.71. The summed E-state index contributed by atoms with van der Waals surface area (Å²) in [5.41, 5.74) is 5.58. The topological polar surface area (TPSA) is 81.7 Å². The molecule has 1 aliphatic carbocycles. The number of likely N-dealkylation sites (tertiary alicyclic amines) is 1. The second kappa shape index (κ2) is 7.23. The van der Waals surface area contributed by atoms with Crippen molar-refractivity contribution in [1.82, 2.24) is 34.0 Å². The standard InChI is InChI=1S/C23H25N7OS/c1-13-4-16-8-25-30(19-9-24-28(3)12-19)21(16)7-20(13)15-5-17-10-29(11-18(17)6-15)23(31)22-14(2)26-27-32-22/h4,7-9,12,15,17-18H,5-6,10-11H2,1-3H3/t15?,17-,18?/m1/s1. The maximum atomic E-state index is 12.9. The minimum absolute atomic E-state index is 0.0985. The molecule has 2 fully saturated rings. The number of fused-ring (bicyclic) bond motifs is 2. The molecule has 3 aromatic heterocycles. The van der Waals surface area contributed by atoms with Crippen molar-refractivity contribution in [1.29, 1.82) is 0 Å². The van der Waals surface area contributed by atoms with Gasteiger partial charge in [0.1, 0.15) is 10.6 Å². The van der Waals surface area contributed by atoms with Crippen LogP contribution in [0.1, 0.15) is 45.3 Å². The van der Waals surface area contributed by atoms with Crippen molar-refractivity contribution in [3.05, 3.63) is 52.4 Å². The van der Waals surface area contributed by atoms with Crippen LogP contribution in [0.15, 0.2) is 30.7 Å². The van der Waals surface area contributed by atoms with Crippen LogP contribution in [0.25, 0.3) is 16.6 Å². The lowest BCUT2D eigenvalue weighted by Gasteiger charge is -2.20. The van der Waals surface area contributed by atoms with Gasteiger partial charge in [-0.3, -0.25) is 9.48 Å². The van der Waals surface area contributed by atoms with Gasteiger partial charge < -0.3 is 4.90 Å². The third-order valence-electron chi connectivity index (χ3n) is 7.22. The molecule has 4 aromatic rings. The van der Waals surface area contributed by atoms with Crippen LogP contribution in [0.4, 0.5) is 0 Å². The monoisotopic (exact) mass is 447 g/mol. The molecule has 6 rings (SSSR count). The van der Waals surface area contributed by atoms with E-state index in [-0.39, 0.29) is 5.91 Å². The lowest BCUT2D eigenvalue weighted by Crippen LogP contribution is -2.29. The molecule has 4 heterocycles. The molecule has 164 valence electrons. The van der Waals surface area contributed by atoms with Crippen LogP contribution in [0.3, 0.4) is 0 Å². The predicted octanol–water partition coefficient (Wildman–Crippen LogP) is 3.49. The normalized spacial score (nSPS) is 22.7. The molecule has 1 aromatic carbocycles. The predicted molar refractivity (Wildman–Crippen MR) is 122 cm³/mol. The molecule has 2 unspecified atom stereocenters. The van der Waals surface area contributed by atoms with E-state index in [4.69, 9.17) is 0 Å². The molecule has 3 atom stereocenters. The van der Waals surface area contributed by atoms with Gasteiger partial charge in [0.15, 0.2) is 0 Å². The van der Waals surface area contributed by atoms with Gasteiger partial charge in [0.05, 0.1) is 29.8 Å². The molecule has 0 radical (unpaired) electrons. The Morgan fingerprint density at radius 2 is 1.88 bits per heavy atom. The average Bonchev–Trinajstić information content (AvgIpc) is 3.54. The first kappa shape index (κ1) is 19.6. The van der Waals surface area contributed by atoms with Crippen LogP contribution in [0, 0.1) is 25.7 Å². The van der Waals surface area contributed by atoms with Gasteiger partial charge in [-0.2, -0.15) is 10.2 Å². The second-order valence-electron chi connectivity index (χ2n) is 9.28. The maximum absolute atomic E-state index is 12.9. The molecule has 1 saturated carbocycles. The molecule has 32 heavy (non-hydrogen) atoms. The van der Waals surface area contributed by atoms with Gasteiger partial charge in [0, 0.05) is 25.5 Å². The highest BCUT2D eigenvalue weighted by Gasteiger charge is 2.43. The number of hydrogen-bond donors (Lipinski definition) is 0. The molecule has 9 heteroatoms. The first-order valence-electron chi connectivity index (χ1n) is 11.0. The number of carbonyl (C=O) groups excluding carboxylic acids is 1. The van der Waals surface area contributed by atoms with Crippen LogP contribution in [0.2, 0.25) is 0 Å². The zero-order valence-corrected chi connectivity index (χ0v) is 19.2. The first-order chi connectivity index (χ1) is 15.5. The summed E-state index contributed by atoms with van der Waals surface area (Å²) in [7, 11) is 1.92. The van der Waals surface area contributed by atoms with Gasteiger partial charge in [0.25, 0.3) is 5.91 Å². The fourth-order valence-electron chi connectivity index (χ4n) is 5.66. The third kappa shape index (κ3) is 3.06. The maximum Gasteiger partial charge on any atom is 0.267 e. The van der Waals surface area contributed by atoms with E-state index in [1.807, 2.05) is 42.1 Å². The Balaban J connectivity index is 1.24. The number of amides is 1. The molecule has 8 nitrogen and oxygen atoms in total. The highest BCUT2D eigenvalue weighted by atomic mass is 32.1. The van der Waals surface area contributed by atoms with Gasteiger partial charge >= 0.3 is 0 Å². The number of rotatable bonds is 3. The lowest BCUT2D eigenvalue weighted by atomic mass is 9.91. The Bertz CT molecular complexity index is 1320. The van der Waals surface area contributed by atoms with Crippen molar-refractivity contribution in [2.24, 2.45) is 18.9 Å². The highest BCUT2D eigenvalue weighted by molar-refractivity contribution is 7.07. The molecular weight excluding hydrogens is 422 g/mol. The molecule has 1 aliphatic heterocycles. The van der Waals surface area contributed by atoms with E-state index in [1.54, 1.807) is 4.68 Å². The summed E-state index contributed by atoms with van der Waals surface area (Å²) in [6.45, 7) is 5.75. The Labute approximate surface area is 190 Å². The minimum atomic E-state index is 0.0985. The summed E-state index contributed by atoms with van der Waals surface area (Å²) in [5, 5.41) is 14.1. The number of benzene rings is 1. The van der Waals surface area contributed by atoms with Crippen molar-refractivity contribution in [2.75, 3.05) is 13.1 Å². The van der Waals surface area contributed by atoms with Crippen LogP contribution < -0.4 is 0 Å². The smallest absolute Gasteiger partial charge is 0.267 e. The van der Waals surface area contributed by atoms with Gasteiger partial charge in [-0.05, 0) is 79.2 Å². The van der Waals surface area contributed by atoms with Gasteiger partial charge in [-0.25, -0.2) is 4.68 Å². The van der Waals surface area contributed by atoms with Crippen molar-refractivity contribution >= 4 is 28.3 Å². The number of aryl methyl sites for hydroxylation is 3. The summed E-state index contributed by atoms with van der Waals surface area (Å²) in [4.78, 5) is 15.6. The van der Waals surface area contributed by atoms with Crippen LogP contribution in [-0.4, -0.2) is 53.0 Å². The average molecular weight is 448 g/mol. The van der Waals surface area contributed by atoms with Crippen LogP contribution >= 0.6 is 11.5 Å². The number of carbonyl (C=O) groups is 1. The zero-order chi connectivity index (χ0) is 22.0. The molecule has 0 N–H and O–H groups in total. The van der Waals surface area contributed by atoms with Crippen molar-refractivity contribution in [2.45, 2.75) is 32.6 Å². The summed E-state index contributed by atoms with van der Waals surface area (Å²) in [5.74, 6) is 1.74. The number of hydrogen-bond acceptors (Lipinski definition) is 6. The SMILES string of the molecule is Cc1cc2cnn(-c3cnn(C)c3)c2cc1C1CC2CN(C(=O)c3snnc3C)C[C@H]2C1. The van der Waals surface area contributed by atoms with Crippen molar-refractivity contribution in [3.8, 4) is 5.69 Å². The van der Waals surface area contributed by atoms with Crippen molar-refractivity contribution < 1.29 is 4.79 Å². The Morgan fingerprint density at radius 3 is 2.53 bits per heavy atom. The quantitative estimate of drug-likeness (QED) is 0.480. The van der Waals surface area contributed by atoms with E-state index < -0.39 is 0 Å². The molecular formula is C23H25N7OS. The van der Waals surface area contributed by atoms with Gasteiger partial charge in [-0.1, -0.05) is 4.49 Å². The third-order valence-corrected chi connectivity index (χ3v) is 8.03. The lowest BCUT2D eigenvalue weighted by molar-refractivity contribution is 0.0783. The molecule has 2 aliphatic rings. The number of nitrogens with zero attached hydrogens (tertiary/aromatic N) is 7. The van der Waals surface area contributed by atoms with E-state index in [2.05, 4.69) is 38.8 Å². The fraction of sp³-hybridized carbons (Fsp3) is 0.435. The second-order valence-corrected chi connectivity index (χ2v) is 10.0. The van der Waals surface area contributed by atoms with E-state index >= 15 is 0 Å². The zero-order valence-electron chi connectivity index (χ0n) is 18.4. The van der Waals surface area contributed by atoms with Gasteiger partial charge in [-0.15, -0.1) is 5.10 Å². The number of aromatic nitrogens is 6. The first-order valence-corrected chi connectivity index (χ1v) is 11.8. The van der Waals surface area contributed by atoms with E-state index in [0.717, 1.165) is 48.2 Å². The largest absolute Gasteiger partial charge is 0.337 e. The molecule has 1 saturated heterocycles. The van der Waals surface area contributed by atoms with Crippen LogP contribution in [-0.2, 0) is 7.05 Å². The van der Waals surface area contributed by atoms with Gasteiger partial charge in [0.2, 0.25) is 0 Å². The van der Waals surface area contributed by atoms with E-state index in [1.165, 1.54) is 22.7 Å². The molecule has 0 bridgehead atoms. The summed E-state index contributed by atoms with van der Waals surface area (Å²) in [6.07, 6.45) is 8.02. The minimum Gasteiger partial charge on any atom is -0.337 e. The van der Waals surface area contributed by atoms with E-state index in [0.29, 0.717) is 22.6 Å². The summed E-state index contributed by atoms with van der Waals surface area (Å²) in [6, 6.07) is 4.58. The Hall–Kier alpha value is -3.07. The fourth-order valence-corrected chi connectivity index (χ4v) is 6.28. The highest BCUT2D eigenvalue weighted by Crippen LogP contribution is 2.47. The van der Waals surface area contributed by atoms with E-state index in [9.17, 15) is 4.79 Å². The molecule has 1 amide bonds. The van der Waals surface area contributed by atoms with Crippen LogP contribution in [0.5, 0.6) is 0 Å². The summed E-state index contributed by atoms with van der Waals surface area (Å²) >= 11 is 1.21. The molecule has 0 spiro atoms. The Kier molecular flexibility index (Phi) is 4.43.